The molecular weight excluding hydrogens is 815 g/mol. The third kappa shape index (κ3) is 36.3. The number of hydrogen-bond acceptors (Lipinski definition) is 8. The van der Waals surface area contributed by atoms with E-state index in [2.05, 4.69) is 31.3 Å². The zero-order valence-electron chi connectivity index (χ0n) is 42.5. The van der Waals surface area contributed by atoms with Crippen molar-refractivity contribution in [2.45, 2.75) is 314 Å². The van der Waals surface area contributed by atoms with E-state index in [1.54, 1.807) is 6.08 Å². The van der Waals surface area contributed by atoms with Gasteiger partial charge in [0.25, 0.3) is 0 Å². The van der Waals surface area contributed by atoms with Crippen LogP contribution in [0.4, 0.5) is 0 Å². The number of aliphatic hydroxyl groups is 5. The van der Waals surface area contributed by atoms with Gasteiger partial charge < -0.3 is 40.3 Å². The maximum absolute atomic E-state index is 13.0. The molecule has 0 spiro atoms. The number of carbonyl (C=O) groups excluding carboxylic acids is 1. The van der Waals surface area contributed by atoms with Crippen LogP contribution in [-0.2, 0) is 14.3 Å². The number of aliphatic hydroxyl groups excluding tert-OH is 5. The number of nitrogens with one attached hydrogen (secondary N) is 1. The second kappa shape index (κ2) is 46.4. The van der Waals surface area contributed by atoms with Gasteiger partial charge in [-0.3, -0.25) is 4.79 Å². The van der Waals surface area contributed by atoms with Gasteiger partial charge in [0, 0.05) is 6.42 Å². The van der Waals surface area contributed by atoms with E-state index >= 15 is 0 Å². The lowest BCUT2D eigenvalue weighted by Crippen LogP contribution is -2.60. The van der Waals surface area contributed by atoms with Crippen LogP contribution in [-0.4, -0.2) is 87.5 Å². The summed E-state index contributed by atoms with van der Waals surface area (Å²) in [5, 5.41) is 54.2. The lowest BCUT2D eigenvalue weighted by Gasteiger charge is -2.40. The van der Waals surface area contributed by atoms with Gasteiger partial charge in [0.05, 0.1) is 25.4 Å². The van der Waals surface area contributed by atoms with Crippen LogP contribution in [0, 0.1) is 0 Å². The highest BCUT2D eigenvalue weighted by atomic mass is 16.7. The van der Waals surface area contributed by atoms with Crippen LogP contribution in [0.3, 0.4) is 0 Å². The smallest absolute Gasteiger partial charge is 0.220 e. The molecular formula is C56H107NO8. The first-order valence-electron chi connectivity index (χ1n) is 28.1. The molecule has 0 radical (unpaired) electrons. The summed E-state index contributed by atoms with van der Waals surface area (Å²) in [5.74, 6) is -0.176. The SMILES string of the molecule is CCCCCCCCC/C=C/C(O)C(COC1OC(CO)C(O)C(O)C1O)NC(=O)CCCCCCCCCCCCCCCCCCC/C=C\CCCCCCCCCCCCCC. The second-order valence-electron chi connectivity index (χ2n) is 19.7. The molecule has 1 aliphatic rings. The van der Waals surface area contributed by atoms with Gasteiger partial charge in [-0.2, -0.15) is 0 Å². The molecule has 1 rings (SSSR count). The first kappa shape index (κ1) is 61.7. The molecule has 1 saturated heterocycles. The average molecular weight is 922 g/mol. The Kier molecular flexibility index (Phi) is 44.0. The van der Waals surface area contributed by atoms with E-state index in [0.717, 1.165) is 38.5 Å². The Bertz CT molecular complexity index is 1070. The summed E-state index contributed by atoms with van der Waals surface area (Å²) in [5.41, 5.74) is 0. The number of ether oxygens (including phenoxy) is 2. The Labute approximate surface area is 400 Å². The van der Waals surface area contributed by atoms with Crippen LogP contribution in [0.5, 0.6) is 0 Å². The topological polar surface area (TPSA) is 149 Å². The number of carbonyl (C=O) groups is 1. The first-order valence-corrected chi connectivity index (χ1v) is 28.1. The molecule has 1 heterocycles. The molecule has 1 fully saturated rings. The third-order valence-electron chi connectivity index (χ3n) is 13.5. The van der Waals surface area contributed by atoms with Crippen molar-refractivity contribution in [3.05, 3.63) is 24.3 Å². The number of hydrogen-bond donors (Lipinski definition) is 6. The summed E-state index contributed by atoms with van der Waals surface area (Å²) < 4.78 is 11.2. The van der Waals surface area contributed by atoms with Crippen molar-refractivity contribution in [3.8, 4) is 0 Å². The first-order chi connectivity index (χ1) is 31.8. The van der Waals surface area contributed by atoms with E-state index in [0.29, 0.717) is 6.42 Å². The van der Waals surface area contributed by atoms with Gasteiger partial charge in [-0.05, 0) is 44.9 Å². The predicted octanol–water partition coefficient (Wildman–Crippen LogP) is 13.4. The Morgan fingerprint density at radius 3 is 1.25 bits per heavy atom. The predicted molar refractivity (Wildman–Crippen MR) is 272 cm³/mol. The summed E-state index contributed by atoms with van der Waals surface area (Å²) in [6, 6.07) is -0.800. The lowest BCUT2D eigenvalue weighted by atomic mass is 9.99. The molecule has 9 nitrogen and oxygen atoms in total. The molecule has 1 amide bonds. The van der Waals surface area contributed by atoms with Crippen molar-refractivity contribution in [2.24, 2.45) is 0 Å². The molecule has 0 aliphatic carbocycles. The highest BCUT2D eigenvalue weighted by Gasteiger charge is 2.44. The van der Waals surface area contributed by atoms with Crippen LogP contribution in [0.2, 0.25) is 0 Å². The normalized spacial score (nSPS) is 20.0. The van der Waals surface area contributed by atoms with Gasteiger partial charge >= 0.3 is 0 Å². The molecule has 6 N–H and O–H groups in total. The lowest BCUT2D eigenvalue weighted by molar-refractivity contribution is -0.302. The number of unbranched alkanes of at least 4 members (excludes halogenated alkanes) is 36. The molecule has 7 unspecified atom stereocenters. The molecule has 0 aromatic rings. The molecule has 9 heteroatoms. The molecule has 0 bridgehead atoms. The van der Waals surface area contributed by atoms with E-state index in [1.165, 1.54) is 212 Å². The van der Waals surface area contributed by atoms with Crippen molar-refractivity contribution in [1.82, 2.24) is 5.32 Å². The molecule has 0 aromatic carbocycles. The van der Waals surface area contributed by atoms with Crippen LogP contribution < -0.4 is 5.32 Å². The summed E-state index contributed by atoms with van der Waals surface area (Å²) in [6.07, 6.45) is 51.4. The van der Waals surface area contributed by atoms with Gasteiger partial charge in [-0.15, -0.1) is 0 Å². The van der Waals surface area contributed by atoms with E-state index in [-0.39, 0.29) is 12.5 Å². The average Bonchev–Trinajstić information content (AvgIpc) is 3.31. The molecule has 384 valence electrons. The van der Waals surface area contributed by atoms with E-state index in [9.17, 15) is 30.3 Å². The minimum Gasteiger partial charge on any atom is -0.394 e. The van der Waals surface area contributed by atoms with Gasteiger partial charge in [-0.25, -0.2) is 0 Å². The second-order valence-corrected chi connectivity index (χ2v) is 19.7. The monoisotopic (exact) mass is 922 g/mol. The van der Waals surface area contributed by atoms with E-state index < -0.39 is 49.5 Å². The minimum absolute atomic E-state index is 0.176. The molecule has 0 saturated carbocycles. The van der Waals surface area contributed by atoms with Crippen molar-refractivity contribution >= 4 is 5.91 Å². The summed E-state index contributed by atoms with van der Waals surface area (Å²) in [7, 11) is 0. The summed E-state index contributed by atoms with van der Waals surface area (Å²) in [4.78, 5) is 13.0. The van der Waals surface area contributed by atoms with Gasteiger partial charge in [0.1, 0.15) is 24.4 Å². The Morgan fingerprint density at radius 2 is 0.862 bits per heavy atom. The summed E-state index contributed by atoms with van der Waals surface area (Å²) in [6.45, 7) is 3.76. The molecule has 1 aliphatic heterocycles. The van der Waals surface area contributed by atoms with Gasteiger partial charge in [-0.1, -0.05) is 244 Å². The minimum atomic E-state index is -1.56. The fraction of sp³-hybridized carbons (Fsp3) is 0.911. The van der Waals surface area contributed by atoms with E-state index in [4.69, 9.17) is 9.47 Å². The van der Waals surface area contributed by atoms with Crippen molar-refractivity contribution in [2.75, 3.05) is 13.2 Å². The zero-order chi connectivity index (χ0) is 47.3. The van der Waals surface area contributed by atoms with E-state index in [1.807, 2.05) is 6.08 Å². The van der Waals surface area contributed by atoms with Crippen LogP contribution in [0.15, 0.2) is 24.3 Å². The van der Waals surface area contributed by atoms with Crippen molar-refractivity contribution < 1.29 is 39.8 Å². The van der Waals surface area contributed by atoms with Crippen LogP contribution >= 0.6 is 0 Å². The number of rotatable bonds is 48. The molecule has 0 aromatic heterocycles. The van der Waals surface area contributed by atoms with Gasteiger partial charge in [0.2, 0.25) is 5.91 Å². The Hall–Kier alpha value is -1.33. The zero-order valence-corrected chi connectivity index (χ0v) is 42.5. The van der Waals surface area contributed by atoms with Crippen LogP contribution in [0.1, 0.15) is 271 Å². The molecule has 65 heavy (non-hydrogen) atoms. The van der Waals surface area contributed by atoms with Gasteiger partial charge in [0.15, 0.2) is 6.29 Å². The highest BCUT2D eigenvalue weighted by molar-refractivity contribution is 5.76. The molecule has 7 atom stereocenters. The highest BCUT2D eigenvalue weighted by Crippen LogP contribution is 2.23. The Morgan fingerprint density at radius 1 is 0.508 bits per heavy atom. The number of allylic oxidation sites excluding steroid dienone is 3. The fourth-order valence-electron chi connectivity index (χ4n) is 9.04. The maximum atomic E-state index is 13.0. The number of amides is 1. The Balaban J connectivity index is 2.06. The quantitative estimate of drug-likeness (QED) is 0.0261. The maximum Gasteiger partial charge on any atom is 0.220 e. The summed E-state index contributed by atoms with van der Waals surface area (Å²) >= 11 is 0. The fourth-order valence-corrected chi connectivity index (χ4v) is 9.04. The van der Waals surface area contributed by atoms with Crippen molar-refractivity contribution in [3.63, 3.8) is 0 Å². The van der Waals surface area contributed by atoms with Crippen molar-refractivity contribution in [1.29, 1.82) is 0 Å². The van der Waals surface area contributed by atoms with Crippen LogP contribution in [0.25, 0.3) is 0 Å². The third-order valence-corrected chi connectivity index (χ3v) is 13.5. The standard InChI is InChI=1S/C56H107NO8/c1-3-5-7-9-11-13-14-15-16-17-18-19-20-21-22-23-24-25-26-27-28-29-30-31-32-33-34-35-36-38-40-42-44-46-52(60)57-49(50(59)45-43-41-39-37-12-10-8-6-4-2)48-64-56-55(63)54(62)53(61)51(47-58)65-56/h21-22,43,45,49-51,53-56,58-59,61-63H,3-20,23-42,44,46-48H2,1-2H3,(H,57,60)/b22-21-,45-43+. The largest absolute Gasteiger partial charge is 0.394 e.